The van der Waals surface area contributed by atoms with E-state index in [1.54, 1.807) is 24.3 Å². The summed E-state index contributed by atoms with van der Waals surface area (Å²) in [6, 6.07) is 20.5. The number of rotatable bonds is 9. The molecule has 1 N–H and O–H groups in total. The molecular weight excluding hydrogens is 436 g/mol. The van der Waals surface area contributed by atoms with E-state index < -0.39 is 10.0 Å². The molecule has 0 atom stereocenters. The highest BCUT2D eigenvalue weighted by Crippen LogP contribution is 2.26. The van der Waals surface area contributed by atoms with Gasteiger partial charge in [0.05, 0.1) is 25.0 Å². The van der Waals surface area contributed by atoms with Crippen LogP contribution in [0.2, 0.25) is 0 Å². The molecule has 0 aromatic heterocycles. The number of carbonyl (C=O) groups is 1. The Balaban J connectivity index is 1.61. The molecule has 6 nitrogen and oxygen atoms in total. The van der Waals surface area contributed by atoms with Crippen LogP contribution < -0.4 is 14.4 Å². The number of benzene rings is 3. The van der Waals surface area contributed by atoms with Gasteiger partial charge in [0.2, 0.25) is 10.0 Å². The molecule has 0 spiro atoms. The van der Waals surface area contributed by atoms with Crippen molar-refractivity contribution in [2.45, 2.75) is 27.3 Å². The third kappa shape index (κ3) is 6.83. The third-order valence-electron chi connectivity index (χ3n) is 5.22. The van der Waals surface area contributed by atoms with Crippen LogP contribution in [0.15, 0.2) is 66.7 Å². The van der Waals surface area contributed by atoms with E-state index in [0.717, 1.165) is 28.0 Å². The number of aryl methyl sites for hydroxylation is 3. The monoisotopic (exact) mass is 466 g/mol. The summed E-state index contributed by atoms with van der Waals surface area (Å²) >= 11 is 0. The van der Waals surface area contributed by atoms with Gasteiger partial charge in [-0.1, -0.05) is 36.4 Å². The highest BCUT2D eigenvalue weighted by molar-refractivity contribution is 7.92. The maximum absolute atomic E-state index is 12.5. The van der Waals surface area contributed by atoms with Gasteiger partial charge in [0.1, 0.15) is 12.4 Å². The van der Waals surface area contributed by atoms with Crippen LogP contribution in [0, 0.1) is 20.8 Å². The van der Waals surface area contributed by atoms with Gasteiger partial charge in [-0.15, -0.1) is 0 Å². The highest BCUT2D eigenvalue weighted by Gasteiger charge is 2.20. The molecular formula is C26H30N2O4S. The topological polar surface area (TPSA) is 75.7 Å². The molecule has 0 aliphatic rings. The average Bonchev–Trinajstić information content (AvgIpc) is 2.76. The minimum Gasteiger partial charge on any atom is -0.492 e. The van der Waals surface area contributed by atoms with Crippen molar-refractivity contribution in [3.8, 4) is 5.75 Å². The Morgan fingerprint density at radius 3 is 2.30 bits per heavy atom. The normalized spacial score (nSPS) is 11.2. The maximum atomic E-state index is 12.5. The molecule has 3 rings (SSSR count). The van der Waals surface area contributed by atoms with Crippen molar-refractivity contribution in [2.75, 3.05) is 23.7 Å². The number of amides is 1. The van der Waals surface area contributed by atoms with E-state index in [9.17, 15) is 13.2 Å². The number of ether oxygens (including phenoxy) is 1. The first kappa shape index (κ1) is 24.3. The standard InChI is InChI=1S/C26H30N2O4S/c1-19-6-5-7-24(16-19)32-15-14-27-26(29)23-12-10-22(11-13-23)18-28(33(4,30)31)25-17-20(2)8-9-21(25)3/h5-13,16-17H,14-15,18H2,1-4H3,(H,27,29). The summed E-state index contributed by atoms with van der Waals surface area (Å²) in [7, 11) is -3.48. The Morgan fingerprint density at radius 2 is 1.64 bits per heavy atom. The lowest BCUT2D eigenvalue weighted by Crippen LogP contribution is -2.30. The zero-order valence-electron chi connectivity index (χ0n) is 19.5. The zero-order valence-corrected chi connectivity index (χ0v) is 20.3. The molecule has 1 amide bonds. The molecule has 0 fully saturated rings. The summed E-state index contributed by atoms with van der Waals surface area (Å²) in [4.78, 5) is 12.4. The second-order valence-electron chi connectivity index (χ2n) is 8.18. The Labute approximate surface area is 196 Å². The van der Waals surface area contributed by atoms with E-state index in [1.807, 2.05) is 63.2 Å². The number of hydrogen-bond acceptors (Lipinski definition) is 4. The fourth-order valence-electron chi connectivity index (χ4n) is 3.44. The van der Waals surface area contributed by atoms with Crippen molar-refractivity contribution < 1.29 is 17.9 Å². The lowest BCUT2D eigenvalue weighted by Gasteiger charge is -2.25. The molecule has 3 aromatic carbocycles. The number of sulfonamides is 1. The van der Waals surface area contributed by atoms with E-state index in [-0.39, 0.29) is 12.5 Å². The molecule has 3 aromatic rings. The van der Waals surface area contributed by atoms with Crippen molar-refractivity contribution >= 4 is 21.6 Å². The first-order valence-electron chi connectivity index (χ1n) is 10.7. The van der Waals surface area contributed by atoms with E-state index in [4.69, 9.17) is 4.74 Å². The van der Waals surface area contributed by atoms with Crippen molar-refractivity contribution in [1.82, 2.24) is 5.32 Å². The SMILES string of the molecule is Cc1cccc(OCCNC(=O)c2ccc(CN(c3cc(C)ccc3C)S(C)(=O)=O)cc2)c1. The van der Waals surface area contributed by atoms with E-state index >= 15 is 0 Å². The second kappa shape index (κ2) is 10.5. The highest BCUT2D eigenvalue weighted by atomic mass is 32.2. The van der Waals surface area contributed by atoms with Crippen LogP contribution in [-0.2, 0) is 16.6 Å². The predicted molar refractivity (Wildman–Crippen MR) is 132 cm³/mol. The lowest BCUT2D eigenvalue weighted by atomic mass is 10.1. The number of carbonyl (C=O) groups excluding carboxylic acids is 1. The Bertz CT molecular complexity index is 1220. The summed E-state index contributed by atoms with van der Waals surface area (Å²) in [5.74, 6) is 0.566. The van der Waals surface area contributed by atoms with Crippen LogP contribution in [0.5, 0.6) is 5.75 Å². The smallest absolute Gasteiger partial charge is 0.251 e. The molecule has 0 radical (unpaired) electrons. The van der Waals surface area contributed by atoms with Gasteiger partial charge >= 0.3 is 0 Å². The molecule has 7 heteroatoms. The minimum atomic E-state index is -3.48. The molecule has 0 aliphatic carbocycles. The predicted octanol–water partition coefficient (Wildman–Crippen LogP) is 4.39. The van der Waals surface area contributed by atoms with Crippen LogP contribution >= 0.6 is 0 Å². The fourth-order valence-corrected chi connectivity index (χ4v) is 4.37. The minimum absolute atomic E-state index is 0.190. The van der Waals surface area contributed by atoms with Gasteiger partial charge in [0.25, 0.3) is 5.91 Å². The quantitative estimate of drug-likeness (QED) is 0.475. The van der Waals surface area contributed by atoms with Crippen molar-refractivity contribution in [3.05, 3.63) is 94.5 Å². The summed E-state index contributed by atoms with van der Waals surface area (Å²) in [5.41, 5.74) is 4.95. The summed E-state index contributed by atoms with van der Waals surface area (Å²) in [6.45, 7) is 6.76. The number of nitrogens with zero attached hydrogens (tertiary/aromatic N) is 1. The fraction of sp³-hybridized carbons (Fsp3) is 0.269. The average molecular weight is 467 g/mol. The number of anilines is 1. The van der Waals surface area contributed by atoms with Crippen LogP contribution in [0.4, 0.5) is 5.69 Å². The molecule has 0 bridgehead atoms. The van der Waals surface area contributed by atoms with E-state index in [1.165, 1.54) is 10.6 Å². The van der Waals surface area contributed by atoms with E-state index in [2.05, 4.69) is 5.32 Å². The van der Waals surface area contributed by atoms with Crippen molar-refractivity contribution in [2.24, 2.45) is 0 Å². The van der Waals surface area contributed by atoms with Crippen LogP contribution in [0.1, 0.15) is 32.6 Å². The number of nitrogens with one attached hydrogen (secondary N) is 1. The lowest BCUT2D eigenvalue weighted by molar-refractivity contribution is 0.0947. The van der Waals surface area contributed by atoms with Crippen LogP contribution in [-0.4, -0.2) is 33.7 Å². The van der Waals surface area contributed by atoms with Gasteiger partial charge in [0.15, 0.2) is 0 Å². The summed E-state index contributed by atoms with van der Waals surface area (Å²) in [6.07, 6.45) is 1.20. The van der Waals surface area contributed by atoms with Gasteiger partial charge in [-0.05, 0) is 73.4 Å². The summed E-state index contributed by atoms with van der Waals surface area (Å²) < 4.78 is 32.0. The van der Waals surface area contributed by atoms with Gasteiger partial charge in [-0.2, -0.15) is 0 Å². The van der Waals surface area contributed by atoms with Crippen LogP contribution in [0.3, 0.4) is 0 Å². The molecule has 0 aliphatic heterocycles. The van der Waals surface area contributed by atoms with Crippen LogP contribution in [0.25, 0.3) is 0 Å². The van der Waals surface area contributed by atoms with Gasteiger partial charge in [-0.25, -0.2) is 8.42 Å². The Kier molecular flexibility index (Phi) is 7.76. The number of hydrogen-bond donors (Lipinski definition) is 1. The first-order valence-corrected chi connectivity index (χ1v) is 12.6. The van der Waals surface area contributed by atoms with Crippen molar-refractivity contribution in [3.63, 3.8) is 0 Å². The largest absolute Gasteiger partial charge is 0.492 e. The molecule has 0 saturated carbocycles. The molecule has 33 heavy (non-hydrogen) atoms. The summed E-state index contributed by atoms with van der Waals surface area (Å²) in [5, 5.41) is 2.84. The Morgan fingerprint density at radius 1 is 0.939 bits per heavy atom. The second-order valence-corrected chi connectivity index (χ2v) is 10.1. The van der Waals surface area contributed by atoms with Gasteiger partial charge < -0.3 is 10.1 Å². The van der Waals surface area contributed by atoms with Crippen molar-refractivity contribution in [1.29, 1.82) is 0 Å². The molecule has 0 heterocycles. The first-order chi connectivity index (χ1) is 15.6. The van der Waals surface area contributed by atoms with E-state index in [0.29, 0.717) is 24.4 Å². The maximum Gasteiger partial charge on any atom is 0.251 e. The molecule has 174 valence electrons. The molecule has 0 unspecified atom stereocenters. The Hall–Kier alpha value is -3.32. The van der Waals surface area contributed by atoms with Gasteiger partial charge in [0, 0.05) is 5.56 Å². The third-order valence-corrected chi connectivity index (χ3v) is 6.35. The van der Waals surface area contributed by atoms with Gasteiger partial charge in [-0.3, -0.25) is 9.10 Å². The zero-order chi connectivity index (χ0) is 24.0. The molecule has 0 saturated heterocycles.